The standard InChI is InChI=1S/C15H22O4/c1-13-2-10-3-14(7-13,5-11(16)17)9-15(4-10,8-13)6-12(18)19/h10H,2-9H2,1H3,(H,16,17)(H,18,19)/t10?,13?,14-,15+. The molecule has 4 atom stereocenters. The summed E-state index contributed by atoms with van der Waals surface area (Å²) in [6.45, 7) is 2.24. The molecule has 0 aromatic heterocycles. The molecule has 2 N–H and O–H groups in total. The molecule has 4 nitrogen and oxygen atoms in total. The van der Waals surface area contributed by atoms with E-state index in [0.717, 1.165) is 38.5 Å². The molecule has 0 heterocycles. The molecule has 4 bridgehead atoms. The lowest BCUT2D eigenvalue weighted by molar-refractivity contribution is -0.176. The third kappa shape index (κ3) is 2.15. The molecule has 0 radical (unpaired) electrons. The topological polar surface area (TPSA) is 74.6 Å². The first-order valence-corrected chi connectivity index (χ1v) is 7.18. The van der Waals surface area contributed by atoms with Crippen LogP contribution < -0.4 is 0 Å². The summed E-state index contributed by atoms with van der Waals surface area (Å²) in [5.41, 5.74) is -0.0881. The van der Waals surface area contributed by atoms with Gasteiger partial charge in [0.25, 0.3) is 0 Å². The molecule has 4 aliphatic rings. The highest BCUT2D eigenvalue weighted by atomic mass is 16.4. The van der Waals surface area contributed by atoms with E-state index in [2.05, 4.69) is 6.92 Å². The van der Waals surface area contributed by atoms with Gasteiger partial charge in [-0.3, -0.25) is 9.59 Å². The fourth-order valence-electron chi connectivity index (χ4n) is 6.40. The Morgan fingerprint density at radius 2 is 1.42 bits per heavy atom. The van der Waals surface area contributed by atoms with Crippen molar-refractivity contribution in [2.45, 2.75) is 58.3 Å². The van der Waals surface area contributed by atoms with Gasteiger partial charge in [0.1, 0.15) is 0 Å². The van der Waals surface area contributed by atoms with E-state index in [0.29, 0.717) is 5.92 Å². The van der Waals surface area contributed by atoms with E-state index in [9.17, 15) is 19.8 Å². The van der Waals surface area contributed by atoms with Gasteiger partial charge in [-0.25, -0.2) is 0 Å². The summed E-state index contributed by atoms with van der Waals surface area (Å²) in [5, 5.41) is 18.4. The predicted octanol–water partition coefficient (Wildman–Crippen LogP) is 2.91. The van der Waals surface area contributed by atoms with Crippen LogP contribution in [0.2, 0.25) is 0 Å². The van der Waals surface area contributed by atoms with Crippen molar-refractivity contribution in [3.05, 3.63) is 0 Å². The molecule has 0 aromatic rings. The molecule has 0 aliphatic heterocycles. The van der Waals surface area contributed by atoms with Crippen LogP contribution in [0.15, 0.2) is 0 Å². The molecule has 0 saturated heterocycles. The number of hydrogen-bond acceptors (Lipinski definition) is 2. The molecular formula is C15H22O4. The fourth-order valence-corrected chi connectivity index (χ4v) is 6.40. The summed E-state index contributed by atoms with van der Waals surface area (Å²) in [5.74, 6) is -0.910. The van der Waals surface area contributed by atoms with Gasteiger partial charge < -0.3 is 10.2 Å². The highest BCUT2D eigenvalue weighted by molar-refractivity contribution is 5.69. The molecule has 4 aliphatic carbocycles. The Bertz CT molecular complexity index is 409. The Labute approximate surface area is 113 Å². The molecular weight excluding hydrogens is 244 g/mol. The summed E-state index contributed by atoms with van der Waals surface area (Å²) < 4.78 is 0. The van der Waals surface area contributed by atoms with Gasteiger partial charge in [0.15, 0.2) is 0 Å². The van der Waals surface area contributed by atoms with Crippen LogP contribution in [0.1, 0.15) is 58.3 Å². The van der Waals surface area contributed by atoms with E-state index in [4.69, 9.17) is 0 Å². The van der Waals surface area contributed by atoms with Crippen LogP contribution in [-0.4, -0.2) is 22.2 Å². The molecule has 2 unspecified atom stereocenters. The fraction of sp³-hybridized carbons (Fsp3) is 0.867. The molecule has 4 saturated carbocycles. The minimum atomic E-state index is -0.726. The van der Waals surface area contributed by atoms with Crippen LogP contribution in [0.4, 0.5) is 0 Å². The maximum atomic E-state index is 11.2. The SMILES string of the molecule is CC12CC3C[C@@](CC(=O)O)(C1)C[C@](CC(=O)O)(C3)C2. The first-order chi connectivity index (χ1) is 8.74. The summed E-state index contributed by atoms with van der Waals surface area (Å²) in [4.78, 5) is 22.4. The number of hydrogen-bond donors (Lipinski definition) is 2. The molecule has 19 heavy (non-hydrogen) atoms. The Morgan fingerprint density at radius 3 is 1.79 bits per heavy atom. The molecule has 4 heteroatoms. The van der Waals surface area contributed by atoms with Gasteiger partial charge in [0.2, 0.25) is 0 Å². The third-order valence-electron chi connectivity index (χ3n) is 5.63. The van der Waals surface area contributed by atoms with Gasteiger partial charge in [-0.15, -0.1) is 0 Å². The van der Waals surface area contributed by atoms with E-state index in [-0.39, 0.29) is 29.1 Å². The molecule has 4 fully saturated rings. The monoisotopic (exact) mass is 266 g/mol. The molecule has 4 rings (SSSR count). The number of carbonyl (C=O) groups is 2. The number of carboxylic acid groups (broad SMARTS) is 2. The predicted molar refractivity (Wildman–Crippen MR) is 68.7 cm³/mol. The molecule has 0 amide bonds. The quantitative estimate of drug-likeness (QED) is 0.820. The average Bonchev–Trinajstić information content (AvgIpc) is 2.06. The Morgan fingerprint density at radius 1 is 0.947 bits per heavy atom. The smallest absolute Gasteiger partial charge is 0.303 e. The van der Waals surface area contributed by atoms with Crippen molar-refractivity contribution in [3.8, 4) is 0 Å². The van der Waals surface area contributed by atoms with Crippen molar-refractivity contribution in [3.63, 3.8) is 0 Å². The van der Waals surface area contributed by atoms with E-state index < -0.39 is 11.9 Å². The van der Waals surface area contributed by atoms with Crippen LogP contribution >= 0.6 is 0 Å². The minimum absolute atomic E-state index is 0.130. The second-order valence-electron chi connectivity index (χ2n) is 7.96. The van der Waals surface area contributed by atoms with Gasteiger partial charge in [-0.05, 0) is 60.7 Å². The van der Waals surface area contributed by atoms with E-state index in [1.807, 2.05) is 0 Å². The number of rotatable bonds is 4. The maximum absolute atomic E-state index is 11.2. The van der Waals surface area contributed by atoms with Crippen molar-refractivity contribution in [1.29, 1.82) is 0 Å². The first-order valence-electron chi connectivity index (χ1n) is 7.18. The zero-order valence-corrected chi connectivity index (χ0v) is 11.4. The minimum Gasteiger partial charge on any atom is -0.481 e. The van der Waals surface area contributed by atoms with Crippen molar-refractivity contribution < 1.29 is 19.8 Å². The number of carboxylic acids is 2. The maximum Gasteiger partial charge on any atom is 0.303 e. The Kier molecular flexibility index (Phi) is 2.55. The zero-order valence-electron chi connectivity index (χ0n) is 11.4. The Hall–Kier alpha value is -1.06. The van der Waals surface area contributed by atoms with Gasteiger partial charge in [-0.1, -0.05) is 6.92 Å². The first kappa shape index (κ1) is 12.9. The van der Waals surface area contributed by atoms with Crippen LogP contribution in [0.5, 0.6) is 0 Å². The van der Waals surface area contributed by atoms with Crippen LogP contribution in [0, 0.1) is 22.2 Å². The largest absolute Gasteiger partial charge is 0.481 e. The molecule has 0 aromatic carbocycles. The van der Waals surface area contributed by atoms with Crippen molar-refractivity contribution >= 4 is 11.9 Å². The van der Waals surface area contributed by atoms with Crippen LogP contribution in [0.3, 0.4) is 0 Å². The average molecular weight is 266 g/mol. The van der Waals surface area contributed by atoms with Crippen LogP contribution in [0.25, 0.3) is 0 Å². The molecule has 106 valence electrons. The van der Waals surface area contributed by atoms with Gasteiger partial charge >= 0.3 is 11.9 Å². The number of aliphatic carboxylic acids is 2. The summed E-state index contributed by atoms with van der Waals surface area (Å²) in [6.07, 6.45) is 6.36. The van der Waals surface area contributed by atoms with Gasteiger partial charge in [0.05, 0.1) is 12.8 Å². The van der Waals surface area contributed by atoms with E-state index in [1.54, 1.807) is 0 Å². The van der Waals surface area contributed by atoms with E-state index in [1.165, 1.54) is 0 Å². The van der Waals surface area contributed by atoms with Crippen molar-refractivity contribution in [2.75, 3.05) is 0 Å². The van der Waals surface area contributed by atoms with Crippen molar-refractivity contribution in [2.24, 2.45) is 22.2 Å². The summed E-state index contributed by atoms with van der Waals surface area (Å²) in [6, 6.07) is 0. The van der Waals surface area contributed by atoms with Crippen molar-refractivity contribution in [1.82, 2.24) is 0 Å². The zero-order chi connectivity index (χ0) is 13.9. The lowest BCUT2D eigenvalue weighted by Crippen LogP contribution is -2.56. The van der Waals surface area contributed by atoms with E-state index >= 15 is 0 Å². The second-order valence-corrected chi connectivity index (χ2v) is 7.96. The lowest BCUT2D eigenvalue weighted by Gasteiger charge is -2.65. The lowest BCUT2D eigenvalue weighted by atomic mass is 9.39. The highest BCUT2D eigenvalue weighted by Gasteiger charge is 2.62. The summed E-state index contributed by atoms with van der Waals surface area (Å²) >= 11 is 0. The van der Waals surface area contributed by atoms with Crippen LogP contribution in [-0.2, 0) is 9.59 Å². The van der Waals surface area contributed by atoms with Gasteiger partial charge in [-0.2, -0.15) is 0 Å². The highest BCUT2D eigenvalue weighted by Crippen LogP contribution is 2.71. The normalized spacial score (nSPS) is 47.3. The third-order valence-corrected chi connectivity index (χ3v) is 5.63. The van der Waals surface area contributed by atoms with Gasteiger partial charge in [0, 0.05) is 0 Å². The molecule has 0 spiro atoms. The summed E-state index contributed by atoms with van der Waals surface area (Å²) in [7, 11) is 0. The Balaban J connectivity index is 1.94. The second kappa shape index (κ2) is 3.74.